The van der Waals surface area contributed by atoms with Crippen molar-refractivity contribution < 1.29 is 4.79 Å². The SMILES string of the molecule is CCCCCC(C)NC(=O)c1cc(C)ccc1Br. The van der Waals surface area contributed by atoms with E-state index in [-0.39, 0.29) is 11.9 Å². The molecule has 0 saturated carbocycles. The highest BCUT2D eigenvalue weighted by Crippen LogP contribution is 2.18. The van der Waals surface area contributed by atoms with Crippen molar-refractivity contribution in [2.75, 3.05) is 0 Å². The Hall–Kier alpha value is -0.830. The molecule has 0 bridgehead atoms. The third-order valence-corrected chi connectivity index (χ3v) is 3.68. The smallest absolute Gasteiger partial charge is 0.252 e. The quantitative estimate of drug-likeness (QED) is 0.772. The van der Waals surface area contributed by atoms with Gasteiger partial charge in [-0.2, -0.15) is 0 Å². The molecule has 1 unspecified atom stereocenters. The maximum absolute atomic E-state index is 12.1. The van der Waals surface area contributed by atoms with Gasteiger partial charge >= 0.3 is 0 Å². The van der Waals surface area contributed by atoms with Crippen molar-refractivity contribution in [1.29, 1.82) is 0 Å². The normalized spacial score (nSPS) is 12.2. The first-order valence-corrected chi connectivity index (χ1v) is 7.41. The summed E-state index contributed by atoms with van der Waals surface area (Å²) >= 11 is 3.42. The van der Waals surface area contributed by atoms with E-state index in [2.05, 4.69) is 35.1 Å². The van der Waals surface area contributed by atoms with E-state index < -0.39 is 0 Å². The predicted molar refractivity (Wildman–Crippen MR) is 79.9 cm³/mol. The van der Waals surface area contributed by atoms with E-state index in [0.717, 1.165) is 22.0 Å². The lowest BCUT2D eigenvalue weighted by Crippen LogP contribution is -2.32. The maximum Gasteiger partial charge on any atom is 0.252 e. The minimum absolute atomic E-state index is 0.00886. The first-order valence-electron chi connectivity index (χ1n) is 6.61. The Bertz CT molecular complexity index is 403. The Morgan fingerprint density at radius 1 is 1.39 bits per heavy atom. The Balaban J connectivity index is 2.56. The Labute approximate surface area is 118 Å². The second-order valence-electron chi connectivity index (χ2n) is 4.85. The van der Waals surface area contributed by atoms with Crippen molar-refractivity contribution in [3.8, 4) is 0 Å². The zero-order chi connectivity index (χ0) is 13.5. The van der Waals surface area contributed by atoms with E-state index in [4.69, 9.17) is 0 Å². The van der Waals surface area contributed by atoms with Gasteiger partial charge in [-0.3, -0.25) is 4.79 Å². The van der Waals surface area contributed by atoms with Crippen LogP contribution in [0.5, 0.6) is 0 Å². The second-order valence-corrected chi connectivity index (χ2v) is 5.71. The van der Waals surface area contributed by atoms with Gasteiger partial charge in [-0.25, -0.2) is 0 Å². The van der Waals surface area contributed by atoms with Crippen LogP contribution in [0.15, 0.2) is 22.7 Å². The summed E-state index contributed by atoms with van der Waals surface area (Å²) in [7, 11) is 0. The van der Waals surface area contributed by atoms with Gasteiger partial charge in [-0.15, -0.1) is 0 Å². The number of hydrogen-bond donors (Lipinski definition) is 1. The van der Waals surface area contributed by atoms with E-state index in [0.29, 0.717) is 0 Å². The Kier molecular flexibility index (Phi) is 6.41. The van der Waals surface area contributed by atoms with Gasteiger partial charge in [0.1, 0.15) is 0 Å². The molecule has 100 valence electrons. The van der Waals surface area contributed by atoms with Crippen LogP contribution in [0, 0.1) is 6.92 Å². The van der Waals surface area contributed by atoms with Crippen LogP contribution in [0.4, 0.5) is 0 Å². The van der Waals surface area contributed by atoms with Crippen LogP contribution >= 0.6 is 15.9 Å². The monoisotopic (exact) mass is 311 g/mol. The molecule has 0 radical (unpaired) electrons. The van der Waals surface area contributed by atoms with Gasteiger partial charge < -0.3 is 5.32 Å². The lowest BCUT2D eigenvalue weighted by Gasteiger charge is -2.14. The van der Waals surface area contributed by atoms with Crippen molar-refractivity contribution >= 4 is 21.8 Å². The van der Waals surface area contributed by atoms with Gasteiger partial charge in [0.15, 0.2) is 0 Å². The lowest BCUT2D eigenvalue weighted by atomic mass is 10.1. The van der Waals surface area contributed by atoms with E-state index in [9.17, 15) is 4.79 Å². The lowest BCUT2D eigenvalue weighted by molar-refractivity contribution is 0.0937. The number of rotatable bonds is 6. The largest absolute Gasteiger partial charge is 0.350 e. The number of hydrogen-bond acceptors (Lipinski definition) is 1. The van der Waals surface area contributed by atoms with Gasteiger partial charge in [-0.1, -0.05) is 37.8 Å². The summed E-state index contributed by atoms with van der Waals surface area (Å²) in [6.45, 7) is 6.25. The summed E-state index contributed by atoms with van der Waals surface area (Å²) in [5, 5.41) is 3.05. The maximum atomic E-state index is 12.1. The van der Waals surface area contributed by atoms with Crippen molar-refractivity contribution in [3.05, 3.63) is 33.8 Å². The summed E-state index contributed by atoms with van der Waals surface area (Å²) in [4.78, 5) is 12.1. The van der Waals surface area contributed by atoms with Gasteiger partial charge in [0, 0.05) is 10.5 Å². The molecule has 1 rings (SSSR count). The van der Waals surface area contributed by atoms with Crippen LogP contribution in [-0.4, -0.2) is 11.9 Å². The summed E-state index contributed by atoms with van der Waals surface area (Å²) in [6.07, 6.45) is 4.66. The molecule has 1 atom stereocenters. The third-order valence-electron chi connectivity index (χ3n) is 2.98. The third kappa shape index (κ3) is 4.81. The molecule has 0 aromatic heterocycles. The average molecular weight is 312 g/mol. The molecule has 1 amide bonds. The summed E-state index contributed by atoms with van der Waals surface area (Å²) in [5.74, 6) is 0.00886. The fraction of sp³-hybridized carbons (Fsp3) is 0.533. The predicted octanol–water partition coefficient (Wildman–Crippen LogP) is 4.46. The highest BCUT2D eigenvalue weighted by Gasteiger charge is 2.12. The zero-order valence-corrected chi connectivity index (χ0v) is 13.0. The molecular formula is C15H22BrNO. The van der Waals surface area contributed by atoms with E-state index in [1.807, 2.05) is 25.1 Å². The minimum atomic E-state index is 0.00886. The van der Waals surface area contributed by atoms with Crippen molar-refractivity contribution in [2.24, 2.45) is 0 Å². The highest BCUT2D eigenvalue weighted by molar-refractivity contribution is 9.10. The van der Waals surface area contributed by atoms with Crippen molar-refractivity contribution in [3.63, 3.8) is 0 Å². The number of carbonyl (C=O) groups excluding carboxylic acids is 1. The van der Waals surface area contributed by atoms with Crippen LogP contribution in [0.2, 0.25) is 0 Å². The van der Waals surface area contributed by atoms with E-state index in [1.54, 1.807) is 0 Å². The number of benzene rings is 1. The van der Waals surface area contributed by atoms with Crippen LogP contribution in [0.3, 0.4) is 0 Å². The Morgan fingerprint density at radius 3 is 2.78 bits per heavy atom. The number of unbranched alkanes of at least 4 members (excludes halogenated alkanes) is 2. The van der Waals surface area contributed by atoms with E-state index in [1.165, 1.54) is 19.3 Å². The molecule has 1 N–H and O–H groups in total. The number of aryl methyl sites for hydroxylation is 1. The molecule has 2 nitrogen and oxygen atoms in total. The zero-order valence-electron chi connectivity index (χ0n) is 11.4. The molecule has 3 heteroatoms. The molecule has 0 aliphatic heterocycles. The molecule has 0 spiro atoms. The van der Waals surface area contributed by atoms with Crippen LogP contribution in [0.1, 0.15) is 55.5 Å². The molecule has 18 heavy (non-hydrogen) atoms. The first kappa shape index (κ1) is 15.2. The standard InChI is InChI=1S/C15H22BrNO/c1-4-5-6-7-12(3)17-15(18)13-10-11(2)8-9-14(13)16/h8-10,12H,4-7H2,1-3H3,(H,17,18). The van der Waals surface area contributed by atoms with Gasteiger partial charge in [0.05, 0.1) is 5.56 Å². The fourth-order valence-electron chi connectivity index (χ4n) is 1.89. The Morgan fingerprint density at radius 2 is 2.11 bits per heavy atom. The number of amides is 1. The van der Waals surface area contributed by atoms with E-state index >= 15 is 0 Å². The van der Waals surface area contributed by atoms with Crippen LogP contribution in [0.25, 0.3) is 0 Å². The molecular weight excluding hydrogens is 290 g/mol. The highest BCUT2D eigenvalue weighted by atomic mass is 79.9. The molecule has 0 heterocycles. The van der Waals surface area contributed by atoms with Gasteiger partial charge in [-0.05, 0) is 48.3 Å². The van der Waals surface area contributed by atoms with Crippen molar-refractivity contribution in [1.82, 2.24) is 5.32 Å². The first-order chi connectivity index (χ1) is 8.54. The molecule has 0 fully saturated rings. The topological polar surface area (TPSA) is 29.1 Å². The van der Waals surface area contributed by atoms with Crippen molar-refractivity contribution in [2.45, 2.75) is 52.5 Å². The molecule has 0 aliphatic carbocycles. The molecule has 1 aromatic rings. The molecule has 0 aliphatic rings. The molecule has 0 saturated heterocycles. The van der Waals surface area contributed by atoms with Crippen LogP contribution < -0.4 is 5.32 Å². The number of carbonyl (C=O) groups is 1. The summed E-state index contributed by atoms with van der Waals surface area (Å²) in [5.41, 5.74) is 1.82. The summed E-state index contributed by atoms with van der Waals surface area (Å²) < 4.78 is 0.853. The number of halogens is 1. The second kappa shape index (κ2) is 7.57. The van der Waals surface area contributed by atoms with Crippen LogP contribution in [-0.2, 0) is 0 Å². The average Bonchev–Trinajstić information content (AvgIpc) is 2.32. The fourth-order valence-corrected chi connectivity index (χ4v) is 2.31. The molecule has 1 aromatic carbocycles. The summed E-state index contributed by atoms with van der Waals surface area (Å²) in [6, 6.07) is 6.06. The van der Waals surface area contributed by atoms with Gasteiger partial charge in [0.25, 0.3) is 5.91 Å². The van der Waals surface area contributed by atoms with Gasteiger partial charge in [0.2, 0.25) is 0 Å². The number of nitrogens with one attached hydrogen (secondary N) is 1. The minimum Gasteiger partial charge on any atom is -0.350 e.